The molecule has 21 heavy (non-hydrogen) atoms. The third-order valence-corrected chi connectivity index (χ3v) is 3.58. The normalized spacial score (nSPS) is 21.2. The van der Waals surface area contributed by atoms with E-state index in [-0.39, 0.29) is 12.2 Å². The fourth-order valence-corrected chi connectivity index (χ4v) is 2.29. The number of rotatable bonds is 5. The number of hydrogen-bond acceptors (Lipinski definition) is 5. The predicted octanol–water partition coefficient (Wildman–Crippen LogP) is 1.64. The summed E-state index contributed by atoms with van der Waals surface area (Å²) in [5.74, 6) is -0.134. The lowest BCUT2D eigenvalue weighted by molar-refractivity contribution is -0.145. The number of hydrogen-bond donors (Lipinski definition) is 1. The molecule has 1 N–H and O–H groups in total. The number of carbonyl (C=O) groups is 2. The Balaban J connectivity index is 1.86. The molecule has 0 spiro atoms. The minimum atomic E-state index is -0.797. The molecule has 2 aliphatic rings. The van der Waals surface area contributed by atoms with Crippen molar-refractivity contribution in [1.29, 1.82) is 0 Å². The summed E-state index contributed by atoms with van der Waals surface area (Å²) in [6.07, 6.45) is 1.28. The second-order valence-electron chi connectivity index (χ2n) is 5.24. The molecule has 0 amide bonds. The zero-order valence-corrected chi connectivity index (χ0v) is 11.8. The molecule has 1 aliphatic carbocycles. The van der Waals surface area contributed by atoms with Crippen molar-refractivity contribution in [3.8, 4) is 0 Å². The molecule has 5 nitrogen and oxygen atoms in total. The van der Waals surface area contributed by atoms with Crippen LogP contribution in [0.3, 0.4) is 0 Å². The van der Waals surface area contributed by atoms with Crippen LogP contribution in [0.1, 0.15) is 24.8 Å². The van der Waals surface area contributed by atoms with Gasteiger partial charge in [0.2, 0.25) is 5.78 Å². The summed E-state index contributed by atoms with van der Waals surface area (Å²) < 4.78 is 10.3. The lowest BCUT2D eigenvalue weighted by atomic mass is 9.99. The first-order chi connectivity index (χ1) is 10.2. The van der Waals surface area contributed by atoms with Crippen LogP contribution in [0.5, 0.6) is 0 Å². The number of esters is 1. The van der Waals surface area contributed by atoms with Crippen molar-refractivity contribution in [3.63, 3.8) is 0 Å². The number of methoxy groups -OCH3 is 1. The number of carbonyl (C=O) groups excluding carboxylic acids is 2. The lowest BCUT2D eigenvalue weighted by Crippen LogP contribution is -2.24. The van der Waals surface area contributed by atoms with Crippen LogP contribution in [-0.2, 0) is 19.1 Å². The highest BCUT2D eigenvalue weighted by Gasteiger charge is 2.39. The van der Waals surface area contributed by atoms with Crippen LogP contribution >= 0.6 is 0 Å². The second-order valence-corrected chi connectivity index (χ2v) is 5.24. The summed E-state index contributed by atoms with van der Waals surface area (Å²) in [5.41, 5.74) is 1.33. The Morgan fingerprint density at radius 3 is 2.67 bits per heavy atom. The van der Waals surface area contributed by atoms with Gasteiger partial charge in [-0.15, -0.1) is 0 Å². The van der Waals surface area contributed by atoms with Crippen molar-refractivity contribution in [2.75, 3.05) is 7.11 Å². The molecule has 0 saturated heterocycles. The van der Waals surface area contributed by atoms with E-state index in [0.29, 0.717) is 17.5 Å². The molecule has 1 aromatic carbocycles. The molecule has 1 aliphatic heterocycles. The third-order valence-electron chi connectivity index (χ3n) is 3.58. The Kier molecular flexibility index (Phi) is 3.64. The van der Waals surface area contributed by atoms with E-state index in [1.165, 1.54) is 7.11 Å². The van der Waals surface area contributed by atoms with Crippen LogP contribution in [0.4, 0.5) is 0 Å². The highest BCUT2D eigenvalue weighted by molar-refractivity contribution is 6.25. The van der Waals surface area contributed by atoms with Gasteiger partial charge in [0.1, 0.15) is 0 Å². The maximum Gasteiger partial charge on any atom is 0.309 e. The van der Waals surface area contributed by atoms with Crippen LogP contribution in [0, 0.1) is 0 Å². The van der Waals surface area contributed by atoms with Crippen LogP contribution in [-0.4, -0.2) is 31.0 Å². The maximum absolute atomic E-state index is 12.5. The summed E-state index contributed by atoms with van der Waals surface area (Å²) >= 11 is 0. The summed E-state index contributed by atoms with van der Waals surface area (Å²) in [4.78, 5) is 23.9. The number of benzene rings is 1. The van der Waals surface area contributed by atoms with Gasteiger partial charge < -0.3 is 14.8 Å². The first kappa shape index (κ1) is 13.7. The van der Waals surface area contributed by atoms with Crippen molar-refractivity contribution < 1.29 is 19.1 Å². The standard InChI is InChI=1S/C16H17NO4/c1-20-13(18)9-12-15(19)14(10-5-3-2-4-6-10)16(21-12)17-11-7-8-11/h2-6,11-12,17H,7-9H2,1H3. The Hall–Kier alpha value is -2.30. The first-order valence-corrected chi connectivity index (χ1v) is 7.03. The molecule has 0 aromatic heterocycles. The number of nitrogens with one attached hydrogen (secondary N) is 1. The monoisotopic (exact) mass is 287 g/mol. The van der Waals surface area contributed by atoms with Crippen molar-refractivity contribution >= 4 is 17.3 Å². The topological polar surface area (TPSA) is 64.6 Å². The van der Waals surface area contributed by atoms with E-state index in [0.717, 1.165) is 18.4 Å². The molecule has 5 heteroatoms. The third kappa shape index (κ3) is 2.91. The van der Waals surface area contributed by atoms with Gasteiger partial charge >= 0.3 is 5.97 Å². The molecule has 1 aromatic rings. The smallest absolute Gasteiger partial charge is 0.309 e. The zero-order chi connectivity index (χ0) is 14.8. The molecular formula is C16H17NO4. The minimum Gasteiger partial charge on any atom is -0.469 e. The molecular weight excluding hydrogens is 270 g/mol. The number of ether oxygens (including phenoxy) is 2. The van der Waals surface area contributed by atoms with Crippen molar-refractivity contribution in [3.05, 3.63) is 41.8 Å². The first-order valence-electron chi connectivity index (χ1n) is 7.03. The van der Waals surface area contributed by atoms with Crippen LogP contribution in [0.2, 0.25) is 0 Å². The zero-order valence-electron chi connectivity index (χ0n) is 11.8. The largest absolute Gasteiger partial charge is 0.469 e. The Morgan fingerprint density at radius 1 is 1.33 bits per heavy atom. The average Bonchev–Trinajstić information content (AvgIpc) is 3.26. The van der Waals surface area contributed by atoms with Gasteiger partial charge in [0.25, 0.3) is 0 Å². The van der Waals surface area contributed by atoms with Gasteiger partial charge in [-0.2, -0.15) is 0 Å². The summed E-state index contributed by atoms with van der Waals surface area (Å²) in [5, 5.41) is 3.24. The molecule has 3 rings (SSSR count). The van der Waals surface area contributed by atoms with Crippen LogP contribution in [0.15, 0.2) is 36.2 Å². The van der Waals surface area contributed by atoms with Gasteiger partial charge in [-0.05, 0) is 18.4 Å². The van der Waals surface area contributed by atoms with Crippen molar-refractivity contribution in [2.24, 2.45) is 0 Å². The Bertz CT molecular complexity index is 590. The van der Waals surface area contributed by atoms with E-state index < -0.39 is 12.1 Å². The highest BCUT2D eigenvalue weighted by Crippen LogP contribution is 2.32. The van der Waals surface area contributed by atoms with E-state index in [1.807, 2.05) is 30.3 Å². The molecule has 1 unspecified atom stereocenters. The van der Waals surface area contributed by atoms with Gasteiger partial charge in [-0.1, -0.05) is 30.3 Å². The van der Waals surface area contributed by atoms with Gasteiger partial charge in [-0.25, -0.2) is 0 Å². The van der Waals surface area contributed by atoms with E-state index in [4.69, 9.17) is 4.74 Å². The Morgan fingerprint density at radius 2 is 2.05 bits per heavy atom. The van der Waals surface area contributed by atoms with E-state index in [9.17, 15) is 9.59 Å². The molecule has 1 heterocycles. The summed E-state index contributed by atoms with van der Waals surface area (Å²) in [7, 11) is 1.30. The van der Waals surface area contributed by atoms with E-state index in [2.05, 4.69) is 10.1 Å². The minimum absolute atomic E-state index is 0.0679. The van der Waals surface area contributed by atoms with Crippen LogP contribution < -0.4 is 5.32 Å². The summed E-state index contributed by atoms with van der Waals surface area (Å²) in [6.45, 7) is 0. The summed E-state index contributed by atoms with van der Waals surface area (Å²) in [6, 6.07) is 9.74. The Labute approximate surface area is 122 Å². The maximum atomic E-state index is 12.5. The number of ketones is 1. The van der Waals surface area contributed by atoms with E-state index in [1.54, 1.807) is 0 Å². The van der Waals surface area contributed by atoms with Gasteiger partial charge in [0.05, 0.1) is 19.1 Å². The SMILES string of the molecule is COC(=O)CC1OC(NC2CC2)=C(c2ccccc2)C1=O. The fraction of sp³-hybridized carbons (Fsp3) is 0.375. The molecule has 1 saturated carbocycles. The van der Waals surface area contributed by atoms with Crippen LogP contribution in [0.25, 0.3) is 5.57 Å². The molecule has 110 valence electrons. The van der Waals surface area contributed by atoms with Crippen molar-refractivity contribution in [1.82, 2.24) is 5.32 Å². The quantitative estimate of drug-likeness (QED) is 0.834. The van der Waals surface area contributed by atoms with Gasteiger partial charge in [0, 0.05) is 6.04 Å². The highest BCUT2D eigenvalue weighted by atomic mass is 16.5. The van der Waals surface area contributed by atoms with E-state index >= 15 is 0 Å². The van der Waals surface area contributed by atoms with Gasteiger partial charge in [-0.3, -0.25) is 9.59 Å². The lowest BCUT2D eigenvalue weighted by Gasteiger charge is -2.11. The molecule has 0 radical (unpaired) electrons. The fourth-order valence-electron chi connectivity index (χ4n) is 2.29. The molecule has 1 atom stereocenters. The average molecular weight is 287 g/mol. The molecule has 0 bridgehead atoms. The predicted molar refractivity (Wildman–Crippen MR) is 76.0 cm³/mol. The second kappa shape index (κ2) is 5.60. The molecule has 1 fully saturated rings. The van der Waals surface area contributed by atoms with Gasteiger partial charge in [0.15, 0.2) is 12.0 Å². The van der Waals surface area contributed by atoms with Crippen molar-refractivity contribution in [2.45, 2.75) is 31.4 Å². The number of Topliss-reactive ketones (excluding diaryl/α,β-unsaturated/α-hetero) is 1.